The van der Waals surface area contributed by atoms with Gasteiger partial charge in [-0.25, -0.2) is 4.79 Å². The average Bonchev–Trinajstić information content (AvgIpc) is 2.24. The summed E-state index contributed by atoms with van der Waals surface area (Å²) in [6.07, 6.45) is 4.91. The molecule has 1 saturated carbocycles. The van der Waals surface area contributed by atoms with E-state index in [9.17, 15) is 9.90 Å². The summed E-state index contributed by atoms with van der Waals surface area (Å²) in [5, 5.41) is 12.7. The molecule has 1 aliphatic heterocycles. The molecule has 4 nitrogen and oxygen atoms in total. The molecule has 92 valence electrons. The summed E-state index contributed by atoms with van der Waals surface area (Å²) in [6.45, 7) is 4.35. The minimum absolute atomic E-state index is 0.00720. The van der Waals surface area contributed by atoms with Crippen LogP contribution in [0.4, 0.5) is 4.79 Å². The summed E-state index contributed by atoms with van der Waals surface area (Å²) in [7, 11) is 0. The van der Waals surface area contributed by atoms with Crippen LogP contribution in [0.2, 0.25) is 0 Å². The summed E-state index contributed by atoms with van der Waals surface area (Å²) in [5.74, 6) is 0.736. The lowest BCUT2D eigenvalue weighted by Gasteiger charge is -2.38. The van der Waals surface area contributed by atoms with Crippen molar-refractivity contribution >= 4 is 6.03 Å². The Kier molecular flexibility index (Phi) is 3.38. The zero-order valence-corrected chi connectivity index (χ0v) is 10.0. The van der Waals surface area contributed by atoms with Crippen LogP contribution in [-0.2, 0) is 0 Å². The van der Waals surface area contributed by atoms with Gasteiger partial charge in [-0.2, -0.15) is 0 Å². The van der Waals surface area contributed by atoms with Gasteiger partial charge in [-0.3, -0.25) is 0 Å². The Balaban J connectivity index is 1.71. The molecule has 0 aromatic rings. The number of hydrogen-bond donors (Lipinski definition) is 2. The molecule has 0 radical (unpaired) electrons. The van der Waals surface area contributed by atoms with Crippen LogP contribution < -0.4 is 5.32 Å². The lowest BCUT2D eigenvalue weighted by Crippen LogP contribution is -2.52. The van der Waals surface area contributed by atoms with E-state index in [1.807, 2.05) is 4.90 Å². The molecule has 2 rings (SSSR count). The van der Waals surface area contributed by atoms with Gasteiger partial charge in [-0.1, -0.05) is 6.92 Å². The molecule has 1 saturated heterocycles. The van der Waals surface area contributed by atoms with Crippen molar-refractivity contribution in [1.29, 1.82) is 0 Å². The molecule has 2 fully saturated rings. The Morgan fingerprint density at radius 2 is 2.06 bits per heavy atom. The van der Waals surface area contributed by atoms with E-state index in [0.29, 0.717) is 6.54 Å². The zero-order chi connectivity index (χ0) is 11.6. The summed E-state index contributed by atoms with van der Waals surface area (Å²) < 4.78 is 0. The van der Waals surface area contributed by atoms with Crippen LogP contribution >= 0.6 is 0 Å². The number of hydrogen-bond acceptors (Lipinski definition) is 2. The maximum absolute atomic E-state index is 11.8. The Hall–Kier alpha value is -0.770. The fourth-order valence-corrected chi connectivity index (χ4v) is 2.33. The molecule has 1 heterocycles. The average molecular weight is 226 g/mol. The van der Waals surface area contributed by atoms with E-state index < -0.39 is 5.60 Å². The fraction of sp³-hybridized carbons (Fsp3) is 0.917. The summed E-state index contributed by atoms with van der Waals surface area (Å²) >= 11 is 0. The van der Waals surface area contributed by atoms with Crippen LogP contribution in [0, 0.1) is 5.92 Å². The molecule has 0 aromatic heterocycles. The fourth-order valence-electron chi connectivity index (χ4n) is 2.33. The molecule has 1 aliphatic carbocycles. The van der Waals surface area contributed by atoms with Gasteiger partial charge < -0.3 is 15.3 Å². The van der Waals surface area contributed by atoms with Crippen LogP contribution in [0.25, 0.3) is 0 Å². The number of aliphatic hydroxyl groups is 1. The topological polar surface area (TPSA) is 52.6 Å². The molecular formula is C12H22N2O2. The van der Waals surface area contributed by atoms with Crippen molar-refractivity contribution in [2.45, 2.75) is 44.6 Å². The second-order valence-corrected chi connectivity index (χ2v) is 5.41. The number of nitrogens with one attached hydrogen (secondary N) is 1. The molecule has 2 aliphatic rings. The van der Waals surface area contributed by atoms with Gasteiger partial charge >= 0.3 is 6.03 Å². The monoisotopic (exact) mass is 226 g/mol. The quantitative estimate of drug-likeness (QED) is 0.746. The molecule has 0 unspecified atom stereocenters. The van der Waals surface area contributed by atoms with Gasteiger partial charge in [0.25, 0.3) is 0 Å². The first-order valence-electron chi connectivity index (χ1n) is 6.34. The van der Waals surface area contributed by atoms with Crippen molar-refractivity contribution in [3.05, 3.63) is 0 Å². The lowest BCUT2D eigenvalue weighted by atomic mass is 9.80. The first-order chi connectivity index (χ1) is 7.59. The maximum Gasteiger partial charge on any atom is 0.317 e. The van der Waals surface area contributed by atoms with Crippen molar-refractivity contribution < 1.29 is 9.90 Å². The number of amides is 2. The van der Waals surface area contributed by atoms with Crippen molar-refractivity contribution in [3.63, 3.8) is 0 Å². The number of rotatable bonds is 2. The summed E-state index contributed by atoms with van der Waals surface area (Å²) in [6, 6.07) is -0.00720. The normalized spacial score (nSPS) is 25.0. The first-order valence-corrected chi connectivity index (χ1v) is 6.34. The van der Waals surface area contributed by atoms with Gasteiger partial charge in [-0.15, -0.1) is 0 Å². The molecule has 2 amide bonds. The number of urea groups is 1. The van der Waals surface area contributed by atoms with E-state index in [2.05, 4.69) is 12.2 Å². The SMILES string of the molecule is CC1CCN(C(=O)NCC2(O)CCC2)CC1. The highest BCUT2D eigenvalue weighted by Crippen LogP contribution is 2.30. The smallest absolute Gasteiger partial charge is 0.317 e. The predicted octanol–water partition coefficient (Wildman–Crippen LogP) is 1.34. The highest BCUT2D eigenvalue weighted by atomic mass is 16.3. The Morgan fingerprint density at radius 1 is 1.44 bits per heavy atom. The van der Waals surface area contributed by atoms with Gasteiger partial charge in [-0.05, 0) is 38.0 Å². The molecule has 0 spiro atoms. The molecule has 16 heavy (non-hydrogen) atoms. The minimum atomic E-state index is -0.612. The second-order valence-electron chi connectivity index (χ2n) is 5.41. The number of carbonyl (C=O) groups excluding carboxylic acids is 1. The number of piperidine rings is 1. The maximum atomic E-state index is 11.8. The van der Waals surface area contributed by atoms with Gasteiger partial charge in [0.05, 0.1) is 5.60 Å². The van der Waals surface area contributed by atoms with Gasteiger partial charge in [0, 0.05) is 19.6 Å². The molecule has 0 aromatic carbocycles. The highest BCUT2D eigenvalue weighted by molar-refractivity contribution is 5.74. The Labute approximate surface area is 97.0 Å². The van der Waals surface area contributed by atoms with Crippen LogP contribution in [-0.4, -0.2) is 41.3 Å². The Bertz CT molecular complexity index is 256. The van der Waals surface area contributed by atoms with Crippen LogP contribution in [0.3, 0.4) is 0 Å². The molecule has 2 N–H and O–H groups in total. The van der Waals surface area contributed by atoms with Crippen molar-refractivity contribution in [2.24, 2.45) is 5.92 Å². The second kappa shape index (κ2) is 4.62. The summed E-state index contributed by atoms with van der Waals surface area (Å²) in [4.78, 5) is 13.7. The third kappa shape index (κ3) is 2.67. The van der Waals surface area contributed by atoms with Gasteiger partial charge in [0.2, 0.25) is 0 Å². The zero-order valence-electron chi connectivity index (χ0n) is 10.0. The molecular weight excluding hydrogens is 204 g/mol. The van der Waals surface area contributed by atoms with E-state index in [1.54, 1.807) is 0 Å². The number of likely N-dealkylation sites (tertiary alicyclic amines) is 1. The summed E-state index contributed by atoms with van der Waals surface area (Å²) in [5.41, 5.74) is -0.612. The van der Waals surface area contributed by atoms with E-state index in [0.717, 1.165) is 51.1 Å². The minimum Gasteiger partial charge on any atom is -0.388 e. The van der Waals surface area contributed by atoms with E-state index in [1.165, 1.54) is 0 Å². The van der Waals surface area contributed by atoms with Crippen molar-refractivity contribution in [2.75, 3.05) is 19.6 Å². The highest BCUT2D eigenvalue weighted by Gasteiger charge is 2.35. The van der Waals surface area contributed by atoms with Crippen molar-refractivity contribution in [1.82, 2.24) is 10.2 Å². The first kappa shape index (κ1) is 11.7. The standard InChI is InChI=1S/C12H22N2O2/c1-10-3-7-14(8-4-10)11(15)13-9-12(16)5-2-6-12/h10,16H,2-9H2,1H3,(H,13,15). The Morgan fingerprint density at radius 3 is 2.56 bits per heavy atom. The predicted molar refractivity (Wildman–Crippen MR) is 62.2 cm³/mol. The number of nitrogens with zero attached hydrogens (tertiary/aromatic N) is 1. The van der Waals surface area contributed by atoms with Gasteiger partial charge in [0.1, 0.15) is 0 Å². The molecule has 0 bridgehead atoms. The third-order valence-electron chi connectivity index (χ3n) is 3.92. The van der Waals surface area contributed by atoms with E-state index in [-0.39, 0.29) is 6.03 Å². The lowest BCUT2D eigenvalue weighted by molar-refractivity contribution is -0.0299. The number of carbonyl (C=O) groups is 1. The third-order valence-corrected chi connectivity index (χ3v) is 3.92. The largest absolute Gasteiger partial charge is 0.388 e. The van der Waals surface area contributed by atoms with Crippen LogP contribution in [0.15, 0.2) is 0 Å². The van der Waals surface area contributed by atoms with E-state index in [4.69, 9.17) is 0 Å². The van der Waals surface area contributed by atoms with Gasteiger partial charge in [0.15, 0.2) is 0 Å². The molecule has 0 atom stereocenters. The molecule has 4 heteroatoms. The van der Waals surface area contributed by atoms with E-state index >= 15 is 0 Å². The van der Waals surface area contributed by atoms with Crippen LogP contribution in [0.1, 0.15) is 39.0 Å². The van der Waals surface area contributed by atoms with Crippen LogP contribution in [0.5, 0.6) is 0 Å². The van der Waals surface area contributed by atoms with Crippen molar-refractivity contribution in [3.8, 4) is 0 Å².